The normalized spacial score (nSPS) is 11.9. The number of hydrogen-bond donors (Lipinski definition) is 1. The van der Waals surface area contributed by atoms with Gasteiger partial charge in [-0.05, 0) is 50.6 Å². The van der Waals surface area contributed by atoms with E-state index in [-0.39, 0.29) is 5.91 Å². The number of thiazole rings is 1. The van der Waals surface area contributed by atoms with Gasteiger partial charge in [-0.25, -0.2) is 4.98 Å². The second kappa shape index (κ2) is 8.26. The van der Waals surface area contributed by atoms with E-state index in [9.17, 15) is 4.79 Å². The maximum absolute atomic E-state index is 12.4. The van der Waals surface area contributed by atoms with E-state index < -0.39 is 6.10 Å². The Labute approximate surface area is 162 Å². The number of benzene rings is 1. The number of nitrogens with zero attached hydrogens (tertiary/aromatic N) is 1. The summed E-state index contributed by atoms with van der Waals surface area (Å²) in [5.74, 6) is 1.67. The highest BCUT2D eigenvalue weighted by molar-refractivity contribution is 7.15. The molecule has 3 aromatic rings. The first-order chi connectivity index (χ1) is 13.0. The van der Waals surface area contributed by atoms with Gasteiger partial charge in [-0.3, -0.25) is 4.79 Å². The van der Waals surface area contributed by atoms with Gasteiger partial charge in [-0.1, -0.05) is 6.07 Å². The van der Waals surface area contributed by atoms with Crippen LogP contribution in [0.1, 0.15) is 23.1 Å². The number of aromatic nitrogens is 1. The average molecular weight is 386 g/mol. The van der Waals surface area contributed by atoms with Crippen molar-refractivity contribution in [3.63, 3.8) is 0 Å². The number of ether oxygens (including phenoxy) is 2. The molecule has 0 saturated heterocycles. The molecule has 142 valence electrons. The third kappa shape index (κ3) is 4.49. The number of furan rings is 1. The molecule has 1 atom stereocenters. The van der Waals surface area contributed by atoms with E-state index in [0.717, 1.165) is 26.9 Å². The maximum Gasteiger partial charge on any atom is 0.261 e. The number of carbonyl (C=O) groups is 1. The molecule has 7 heteroatoms. The number of methoxy groups -OCH3 is 1. The summed E-state index contributed by atoms with van der Waals surface area (Å²) < 4.78 is 16.5. The van der Waals surface area contributed by atoms with Crippen molar-refractivity contribution in [2.45, 2.75) is 33.4 Å². The number of nitrogens with one attached hydrogen (secondary N) is 1. The summed E-state index contributed by atoms with van der Waals surface area (Å²) >= 11 is 1.50. The molecule has 0 bridgehead atoms. The molecule has 27 heavy (non-hydrogen) atoms. The highest BCUT2D eigenvalue weighted by Crippen LogP contribution is 2.29. The molecule has 0 radical (unpaired) electrons. The summed E-state index contributed by atoms with van der Waals surface area (Å²) in [6.07, 6.45) is 0.964. The van der Waals surface area contributed by atoms with E-state index in [1.165, 1.54) is 11.3 Å². The van der Waals surface area contributed by atoms with Crippen LogP contribution in [0.2, 0.25) is 0 Å². The first-order valence-corrected chi connectivity index (χ1v) is 9.38. The Kier molecular flexibility index (Phi) is 5.81. The van der Waals surface area contributed by atoms with Crippen LogP contribution in [0.15, 0.2) is 41.0 Å². The van der Waals surface area contributed by atoms with Crippen LogP contribution in [-0.4, -0.2) is 24.1 Å². The summed E-state index contributed by atoms with van der Waals surface area (Å²) in [5.41, 5.74) is 1.94. The SMILES string of the molecule is COc1cc(C)ccc1OC(C)C(=O)NCc1sc(-c2ccco2)nc1C. The monoisotopic (exact) mass is 386 g/mol. The molecule has 1 unspecified atom stereocenters. The lowest BCUT2D eigenvalue weighted by atomic mass is 10.2. The van der Waals surface area contributed by atoms with E-state index in [1.807, 2.05) is 38.1 Å². The molecule has 0 aliphatic heterocycles. The first kappa shape index (κ1) is 19.0. The van der Waals surface area contributed by atoms with Gasteiger partial charge < -0.3 is 19.2 Å². The van der Waals surface area contributed by atoms with E-state index in [0.29, 0.717) is 18.0 Å². The predicted molar refractivity (Wildman–Crippen MR) is 104 cm³/mol. The number of rotatable bonds is 7. The number of carbonyl (C=O) groups excluding carboxylic acids is 1. The van der Waals surface area contributed by atoms with Crippen LogP contribution in [0.3, 0.4) is 0 Å². The summed E-state index contributed by atoms with van der Waals surface area (Å²) in [7, 11) is 1.58. The van der Waals surface area contributed by atoms with Gasteiger partial charge in [0.1, 0.15) is 0 Å². The third-order valence-electron chi connectivity index (χ3n) is 4.04. The number of aryl methyl sites for hydroxylation is 2. The Morgan fingerprint density at radius 3 is 2.81 bits per heavy atom. The second-order valence-electron chi connectivity index (χ2n) is 6.14. The van der Waals surface area contributed by atoms with Crippen molar-refractivity contribution in [3.05, 3.63) is 52.7 Å². The molecule has 1 N–H and O–H groups in total. The summed E-state index contributed by atoms with van der Waals surface area (Å²) in [4.78, 5) is 17.9. The minimum absolute atomic E-state index is 0.204. The van der Waals surface area contributed by atoms with E-state index >= 15 is 0 Å². The van der Waals surface area contributed by atoms with Crippen molar-refractivity contribution >= 4 is 17.2 Å². The van der Waals surface area contributed by atoms with Crippen LogP contribution in [0.25, 0.3) is 10.8 Å². The second-order valence-corrected chi connectivity index (χ2v) is 7.22. The van der Waals surface area contributed by atoms with Gasteiger partial charge in [0, 0.05) is 4.88 Å². The fourth-order valence-electron chi connectivity index (χ4n) is 2.52. The number of amides is 1. The highest BCUT2D eigenvalue weighted by Gasteiger charge is 2.18. The van der Waals surface area contributed by atoms with Crippen LogP contribution in [-0.2, 0) is 11.3 Å². The van der Waals surface area contributed by atoms with Crippen LogP contribution < -0.4 is 14.8 Å². The van der Waals surface area contributed by atoms with Crippen LogP contribution in [0, 0.1) is 13.8 Å². The summed E-state index contributed by atoms with van der Waals surface area (Å²) in [6, 6.07) is 9.29. The van der Waals surface area contributed by atoms with Crippen LogP contribution in [0.4, 0.5) is 0 Å². The Morgan fingerprint density at radius 1 is 1.30 bits per heavy atom. The lowest BCUT2D eigenvalue weighted by molar-refractivity contribution is -0.127. The van der Waals surface area contributed by atoms with Gasteiger partial charge in [0.2, 0.25) is 0 Å². The fraction of sp³-hybridized carbons (Fsp3) is 0.300. The predicted octanol–water partition coefficient (Wildman–Crippen LogP) is 4.11. The molecular formula is C20H22N2O4S. The molecular weight excluding hydrogens is 364 g/mol. The quantitative estimate of drug-likeness (QED) is 0.661. The van der Waals surface area contributed by atoms with Gasteiger partial charge in [0.15, 0.2) is 28.4 Å². The largest absolute Gasteiger partial charge is 0.493 e. The molecule has 2 heterocycles. The van der Waals surface area contributed by atoms with E-state index in [2.05, 4.69) is 10.3 Å². The average Bonchev–Trinajstić information content (AvgIpc) is 3.30. The minimum Gasteiger partial charge on any atom is -0.493 e. The standard InChI is InChI=1S/C20H22N2O4S/c1-12-7-8-15(17(10-12)24-4)26-14(3)19(23)21-11-18-13(2)22-20(27-18)16-6-5-9-25-16/h5-10,14H,11H2,1-4H3,(H,21,23). The Balaban J connectivity index is 1.61. The molecule has 6 nitrogen and oxygen atoms in total. The van der Waals surface area contributed by atoms with Crippen molar-refractivity contribution in [3.8, 4) is 22.3 Å². The van der Waals surface area contributed by atoms with Crippen molar-refractivity contribution in [1.29, 1.82) is 0 Å². The van der Waals surface area contributed by atoms with E-state index in [1.54, 1.807) is 26.4 Å². The molecule has 0 aliphatic rings. The molecule has 3 rings (SSSR count). The highest BCUT2D eigenvalue weighted by atomic mass is 32.1. The minimum atomic E-state index is -0.653. The zero-order chi connectivity index (χ0) is 19.4. The van der Waals surface area contributed by atoms with Crippen molar-refractivity contribution in [2.24, 2.45) is 0 Å². The zero-order valence-corrected chi connectivity index (χ0v) is 16.6. The van der Waals surface area contributed by atoms with Crippen molar-refractivity contribution in [1.82, 2.24) is 10.3 Å². The van der Waals surface area contributed by atoms with Gasteiger partial charge in [0.05, 0.1) is 25.6 Å². The van der Waals surface area contributed by atoms with Crippen LogP contribution in [0.5, 0.6) is 11.5 Å². The van der Waals surface area contributed by atoms with Crippen LogP contribution >= 0.6 is 11.3 Å². The van der Waals surface area contributed by atoms with Crippen molar-refractivity contribution < 1.29 is 18.7 Å². The summed E-state index contributed by atoms with van der Waals surface area (Å²) in [6.45, 7) is 5.99. The van der Waals surface area contributed by atoms with Gasteiger partial charge in [-0.15, -0.1) is 11.3 Å². The molecule has 0 fully saturated rings. The Hall–Kier alpha value is -2.80. The van der Waals surface area contributed by atoms with Gasteiger partial charge >= 0.3 is 0 Å². The lowest BCUT2D eigenvalue weighted by Gasteiger charge is -2.17. The zero-order valence-electron chi connectivity index (χ0n) is 15.7. The fourth-order valence-corrected chi connectivity index (χ4v) is 3.50. The Morgan fingerprint density at radius 2 is 2.11 bits per heavy atom. The third-order valence-corrected chi connectivity index (χ3v) is 5.21. The molecule has 1 aromatic carbocycles. The molecule has 0 spiro atoms. The number of hydrogen-bond acceptors (Lipinski definition) is 6. The molecule has 0 saturated carbocycles. The van der Waals surface area contributed by atoms with E-state index in [4.69, 9.17) is 13.9 Å². The topological polar surface area (TPSA) is 73.6 Å². The van der Waals surface area contributed by atoms with Gasteiger partial charge in [0.25, 0.3) is 5.91 Å². The van der Waals surface area contributed by atoms with Gasteiger partial charge in [-0.2, -0.15) is 0 Å². The summed E-state index contributed by atoms with van der Waals surface area (Å²) in [5, 5.41) is 3.70. The first-order valence-electron chi connectivity index (χ1n) is 8.57. The Bertz CT molecular complexity index is 918. The molecule has 1 amide bonds. The lowest BCUT2D eigenvalue weighted by Crippen LogP contribution is -2.35. The maximum atomic E-state index is 12.4. The molecule has 0 aliphatic carbocycles. The van der Waals surface area contributed by atoms with Crippen molar-refractivity contribution in [2.75, 3.05) is 7.11 Å². The smallest absolute Gasteiger partial charge is 0.261 e. The molecule has 2 aromatic heterocycles.